The lowest BCUT2D eigenvalue weighted by molar-refractivity contribution is -0.157. The Hall–Kier alpha value is -5.35. The number of urea groups is 1. The largest absolute Gasteiger partial charge is 0.479 e. The summed E-state index contributed by atoms with van der Waals surface area (Å²) >= 11 is 6.52. The SMILES string of the molecule is C=CCN(c1cc(-c2ccc(CN3C(=O)CC(=O)N(C)C3=O)cc2)c(F)cc1F)S(=O)(=O)c1cc(C(=O)N2CCC2)cc(Cl)c1OCC(=O)OC(C)(C)C. The van der Waals surface area contributed by atoms with Gasteiger partial charge in [-0.15, -0.1) is 6.58 Å². The van der Waals surface area contributed by atoms with Gasteiger partial charge in [0.15, 0.2) is 12.4 Å². The average Bonchev–Trinajstić information content (AvgIpc) is 3.06. The molecule has 2 saturated heterocycles. The lowest BCUT2D eigenvalue weighted by atomic mass is 10.0. The fourth-order valence-electron chi connectivity index (χ4n) is 5.61. The Morgan fingerprint density at radius 3 is 2.26 bits per heavy atom. The van der Waals surface area contributed by atoms with E-state index in [0.717, 1.165) is 28.4 Å². The van der Waals surface area contributed by atoms with Gasteiger partial charge >= 0.3 is 12.0 Å². The van der Waals surface area contributed by atoms with Crippen LogP contribution in [0.2, 0.25) is 5.02 Å². The van der Waals surface area contributed by atoms with Crippen molar-refractivity contribution in [1.82, 2.24) is 14.7 Å². The molecule has 0 aliphatic carbocycles. The molecule has 0 bridgehead atoms. The molecule has 0 radical (unpaired) electrons. The molecule has 286 valence electrons. The number of sulfonamides is 1. The minimum Gasteiger partial charge on any atom is -0.479 e. The van der Waals surface area contributed by atoms with Gasteiger partial charge in [-0.2, -0.15) is 0 Å². The van der Waals surface area contributed by atoms with E-state index < -0.39 is 92.9 Å². The molecule has 0 N–H and O–H groups in total. The van der Waals surface area contributed by atoms with Crippen LogP contribution in [-0.4, -0.2) is 91.7 Å². The molecule has 0 unspecified atom stereocenters. The Balaban J connectivity index is 1.53. The van der Waals surface area contributed by atoms with Gasteiger partial charge in [-0.3, -0.25) is 28.5 Å². The standard InChI is InChI=1S/C37H37ClF2N4O9S/c1-6-12-44(54(50,51)30-16-24(35(48)42-13-7-14-42)15-26(38)34(30)52-21-33(47)53-37(2,3)4)29-17-25(27(39)18-28(29)40)23-10-8-22(9-11-23)20-43-32(46)19-31(45)41(5)36(43)49/h6,8-11,15-18H,1,7,12-14,19-21H2,2-5H3. The molecule has 17 heteroatoms. The van der Waals surface area contributed by atoms with Crippen LogP contribution in [0.4, 0.5) is 19.3 Å². The zero-order chi connectivity index (χ0) is 39.7. The number of amides is 5. The monoisotopic (exact) mass is 786 g/mol. The van der Waals surface area contributed by atoms with Crippen LogP contribution in [0.15, 0.2) is 66.1 Å². The fourth-order valence-corrected chi connectivity index (χ4v) is 7.55. The summed E-state index contributed by atoms with van der Waals surface area (Å²) in [7, 11) is -3.67. The number of likely N-dealkylation sites (tertiary alicyclic amines) is 1. The lowest BCUT2D eigenvalue weighted by Gasteiger charge is -2.31. The van der Waals surface area contributed by atoms with Gasteiger partial charge in [0.2, 0.25) is 11.8 Å². The molecule has 5 amide bonds. The zero-order valence-electron chi connectivity index (χ0n) is 29.9. The Morgan fingerprint density at radius 1 is 1.00 bits per heavy atom. The highest BCUT2D eigenvalue weighted by Gasteiger charge is 2.36. The smallest absolute Gasteiger partial charge is 0.344 e. The van der Waals surface area contributed by atoms with Crippen molar-refractivity contribution in [2.45, 2.75) is 50.7 Å². The molecule has 2 aliphatic heterocycles. The highest BCUT2D eigenvalue weighted by Crippen LogP contribution is 2.39. The number of anilines is 1. The van der Waals surface area contributed by atoms with Crippen molar-refractivity contribution in [2.24, 2.45) is 0 Å². The second kappa shape index (κ2) is 15.6. The highest BCUT2D eigenvalue weighted by molar-refractivity contribution is 7.93. The van der Waals surface area contributed by atoms with Crippen LogP contribution in [-0.2, 0) is 35.7 Å². The van der Waals surface area contributed by atoms with Crippen LogP contribution in [0.25, 0.3) is 11.1 Å². The first kappa shape index (κ1) is 39.8. The van der Waals surface area contributed by atoms with Crippen molar-refractivity contribution in [3.8, 4) is 16.9 Å². The molecule has 0 saturated carbocycles. The summed E-state index contributed by atoms with van der Waals surface area (Å²) in [6, 6.07) is 8.77. The van der Waals surface area contributed by atoms with Gasteiger partial charge in [0.1, 0.15) is 28.6 Å². The van der Waals surface area contributed by atoms with Gasteiger partial charge in [0, 0.05) is 37.3 Å². The molecule has 3 aromatic carbocycles. The van der Waals surface area contributed by atoms with E-state index in [1.54, 1.807) is 20.8 Å². The molecule has 0 aromatic heterocycles. The Morgan fingerprint density at radius 2 is 1.67 bits per heavy atom. The summed E-state index contributed by atoms with van der Waals surface area (Å²) in [5.74, 6) is -5.46. The number of ether oxygens (including phenoxy) is 2. The third-order valence-electron chi connectivity index (χ3n) is 8.42. The minimum absolute atomic E-state index is 0.104. The third kappa shape index (κ3) is 8.39. The second-order valence-corrected chi connectivity index (χ2v) is 15.7. The van der Waals surface area contributed by atoms with Gasteiger partial charge in [-0.1, -0.05) is 41.9 Å². The van der Waals surface area contributed by atoms with E-state index in [1.165, 1.54) is 48.4 Å². The minimum atomic E-state index is -4.93. The van der Waals surface area contributed by atoms with Crippen molar-refractivity contribution in [3.05, 3.63) is 89.0 Å². The fraction of sp³-hybridized carbons (Fsp3) is 0.324. The number of carbonyl (C=O) groups excluding carboxylic acids is 5. The number of halogens is 3. The maximum Gasteiger partial charge on any atom is 0.344 e. The number of hydrogen-bond acceptors (Lipinski definition) is 9. The van der Waals surface area contributed by atoms with Crippen LogP contribution in [0, 0.1) is 11.6 Å². The molecule has 2 fully saturated rings. The van der Waals surface area contributed by atoms with Crippen LogP contribution in [0.1, 0.15) is 49.5 Å². The van der Waals surface area contributed by atoms with E-state index in [9.17, 15) is 32.4 Å². The maximum absolute atomic E-state index is 15.7. The van der Waals surface area contributed by atoms with Crippen molar-refractivity contribution in [2.75, 3.05) is 37.6 Å². The Labute approximate surface area is 315 Å². The summed E-state index contributed by atoms with van der Waals surface area (Å²) in [6.45, 7) is 7.88. The van der Waals surface area contributed by atoms with E-state index >= 15 is 8.78 Å². The molecule has 3 aromatic rings. The van der Waals surface area contributed by atoms with E-state index in [0.29, 0.717) is 29.0 Å². The van der Waals surface area contributed by atoms with Crippen LogP contribution < -0.4 is 9.04 Å². The first-order valence-corrected chi connectivity index (χ1v) is 18.4. The molecule has 13 nitrogen and oxygen atoms in total. The van der Waals surface area contributed by atoms with E-state index in [4.69, 9.17) is 21.1 Å². The summed E-state index contributed by atoms with van der Waals surface area (Å²) in [4.78, 5) is 65.0. The predicted octanol–water partition coefficient (Wildman–Crippen LogP) is 5.54. The van der Waals surface area contributed by atoms with Crippen LogP contribution in [0.5, 0.6) is 5.75 Å². The van der Waals surface area contributed by atoms with Crippen molar-refractivity contribution >= 4 is 57.0 Å². The molecule has 54 heavy (non-hydrogen) atoms. The first-order valence-electron chi connectivity index (χ1n) is 16.6. The Kier molecular flexibility index (Phi) is 11.5. The molecule has 0 atom stereocenters. The number of barbiturate groups is 1. The predicted molar refractivity (Wildman–Crippen MR) is 193 cm³/mol. The average molecular weight is 787 g/mol. The second-order valence-electron chi connectivity index (χ2n) is 13.5. The van der Waals surface area contributed by atoms with Gasteiger partial charge in [-0.25, -0.2) is 26.8 Å². The van der Waals surface area contributed by atoms with E-state index in [1.807, 2.05) is 0 Å². The summed E-state index contributed by atoms with van der Waals surface area (Å²) in [6.07, 6.45) is 1.44. The number of imide groups is 2. The van der Waals surface area contributed by atoms with Gasteiger partial charge in [-0.05, 0) is 56.5 Å². The number of nitrogens with zero attached hydrogens (tertiary/aromatic N) is 4. The van der Waals surface area contributed by atoms with Gasteiger partial charge < -0.3 is 14.4 Å². The molecule has 5 rings (SSSR count). The van der Waals surface area contributed by atoms with Crippen molar-refractivity contribution in [1.29, 1.82) is 0 Å². The normalized spacial score (nSPS) is 14.9. The molecular weight excluding hydrogens is 750 g/mol. The quantitative estimate of drug-likeness (QED) is 0.131. The highest BCUT2D eigenvalue weighted by atomic mass is 35.5. The number of esters is 1. The molecule has 2 aliphatic rings. The summed E-state index contributed by atoms with van der Waals surface area (Å²) in [5.41, 5.74) is -1.17. The summed E-state index contributed by atoms with van der Waals surface area (Å²) < 4.78 is 71.8. The molecule has 0 spiro atoms. The van der Waals surface area contributed by atoms with E-state index in [2.05, 4.69) is 6.58 Å². The number of carbonyl (C=O) groups is 5. The van der Waals surface area contributed by atoms with Crippen molar-refractivity contribution in [3.63, 3.8) is 0 Å². The van der Waals surface area contributed by atoms with Gasteiger partial charge in [0.05, 0.1) is 23.8 Å². The van der Waals surface area contributed by atoms with Gasteiger partial charge in [0.25, 0.3) is 15.9 Å². The topological polar surface area (TPSA) is 151 Å². The Bertz CT molecular complexity index is 2150. The number of rotatable bonds is 12. The summed E-state index contributed by atoms with van der Waals surface area (Å²) in [5, 5.41) is -0.325. The zero-order valence-corrected chi connectivity index (χ0v) is 31.4. The molecule has 2 heterocycles. The van der Waals surface area contributed by atoms with Crippen molar-refractivity contribution < 1.29 is 50.6 Å². The third-order valence-corrected chi connectivity index (χ3v) is 10.5. The number of hydrogen-bond donors (Lipinski definition) is 0. The first-order chi connectivity index (χ1) is 25.3. The number of benzene rings is 3. The van der Waals surface area contributed by atoms with Crippen LogP contribution in [0.3, 0.4) is 0 Å². The lowest BCUT2D eigenvalue weighted by Crippen LogP contribution is -2.52. The molecular formula is C37H37ClF2N4O9S. The maximum atomic E-state index is 15.7. The van der Waals surface area contributed by atoms with E-state index in [-0.39, 0.29) is 28.3 Å². The van der Waals surface area contributed by atoms with Crippen LogP contribution >= 0.6 is 11.6 Å².